The van der Waals surface area contributed by atoms with E-state index in [2.05, 4.69) is 55.8 Å². The molecule has 0 aliphatic heterocycles. The highest BCUT2D eigenvalue weighted by molar-refractivity contribution is 5.87. The average molecular weight is 1420 g/mol. The monoisotopic (exact) mass is 1420 g/mol. The highest BCUT2D eigenvalue weighted by Gasteiger charge is 2.20. The number of alkyl carbamates (subject to hydrolysis) is 3. The van der Waals surface area contributed by atoms with Crippen LogP contribution in [0.15, 0.2) is 37.5 Å². The first kappa shape index (κ1) is 101. The number of rotatable bonds is 41. The Bertz CT molecular complexity index is 2560. The summed E-state index contributed by atoms with van der Waals surface area (Å²) in [4.78, 5) is 136. The van der Waals surface area contributed by atoms with Gasteiger partial charge in [-0.05, 0) is 45.4 Å². The lowest BCUT2D eigenvalue weighted by Gasteiger charge is -2.23. The van der Waals surface area contributed by atoms with E-state index in [0.717, 1.165) is 31.4 Å². The predicted octanol–water partition coefficient (Wildman–Crippen LogP) is 7.54. The third-order valence-corrected chi connectivity index (χ3v) is 13.0. The van der Waals surface area contributed by atoms with Gasteiger partial charge in [0, 0.05) is 48.6 Å². The van der Waals surface area contributed by atoms with Gasteiger partial charge in [0.05, 0.1) is 106 Å². The number of carbonyl (C=O) groups is 12. The Hall–Kier alpha value is -10.3. The maximum absolute atomic E-state index is 11.8. The minimum absolute atomic E-state index is 0.0159. The Kier molecular flexibility index (Phi) is 70.6. The van der Waals surface area contributed by atoms with Crippen LogP contribution in [0, 0.1) is 92.2 Å². The normalized spacial score (nSPS) is 11.2. The van der Waals surface area contributed by atoms with E-state index in [4.69, 9.17) is 59.5 Å². The van der Waals surface area contributed by atoms with Crippen LogP contribution in [0.3, 0.4) is 0 Å². The Morgan fingerprint density at radius 2 is 0.760 bits per heavy atom. The second-order valence-corrected chi connectivity index (χ2v) is 21.1. The molecule has 0 aliphatic carbocycles. The molecule has 0 heterocycles. The smallest absolute Gasteiger partial charge is 0.408 e. The summed E-state index contributed by atoms with van der Waals surface area (Å²) in [5, 5.41) is 54.2. The zero-order chi connectivity index (χ0) is 77.7. The van der Waals surface area contributed by atoms with Gasteiger partial charge in [0.25, 0.3) is 0 Å². The minimum atomic E-state index is -0.694. The first-order valence-corrected chi connectivity index (χ1v) is 32.8. The number of carbonyl (C=O) groups excluding carboxylic acids is 12. The molecule has 562 valence electrons. The number of esters is 6. The van der Waals surface area contributed by atoms with E-state index >= 15 is 0 Å². The molecule has 100 heavy (non-hydrogen) atoms. The molecule has 6 unspecified atom stereocenters. The molecule has 32 heteroatoms. The molecule has 6 atom stereocenters. The topological polar surface area (TPSA) is 470 Å². The fourth-order valence-electron chi connectivity index (χ4n) is 5.60. The van der Waals surface area contributed by atoms with Gasteiger partial charge in [0.1, 0.15) is 52.4 Å². The summed E-state index contributed by atoms with van der Waals surface area (Å²) in [5.41, 5.74) is 0.292. The summed E-state index contributed by atoms with van der Waals surface area (Å²) in [5.74, 6) is -3.24. The molecule has 0 rings (SSSR count). The van der Waals surface area contributed by atoms with Crippen LogP contribution in [0.4, 0.5) is 14.4 Å². The minimum Gasteiger partial charge on any atom is -0.464 e. The van der Waals surface area contributed by atoms with Gasteiger partial charge >= 0.3 is 54.1 Å². The molecular formula is C68H109N11O21. The highest BCUT2D eigenvalue weighted by atomic mass is 16.6. The molecule has 5 N–H and O–H groups in total. The predicted molar refractivity (Wildman–Crippen MR) is 364 cm³/mol. The first-order valence-electron chi connectivity index (χ1n) is 32.8. The van der Waals surface area contributed by atoms with E-state index in [0.29, 0.717) is 50.8 Å². The van der Waals surface area contributed by atoms with Crippen molar-refractivity contribution in [3.63, 3.8) is 0 Å². The second-order valence-electron chi connectivity index (χ2n) is 21.1. The van der Waals surface area contributed by atoms with Crippen LogP contribution >= 0.6 is 0 Å². The van der Waals surface area contributed by atoms with E-state index in [-0.39, 0.29) is 170 Å². The van der Waals surface area contributed by atoms with Crippen molar-refractivity contribution in [3.05, 3.63) is 37.5 Å². The zero-order valence-electron chi connectivity index (χ0n) is 60.8. The summed E-state index contributed by atoms with van der Waals surface area (Å²) in [6.45, 7) is 35.4. The molecule has 0 radical (unpaired) electrons. The van der Waals surface area contributed by atoms with Crippen LogP contribution in [0.1, 0.15) is 161 Å². The molecule has 0 bridgehead atoms. The number of nitrogens with one attached hydrogen (secondary N) is 5. The third-order valence-electron chi connectivity index (χ3n) is 13.0. The number of hydrogen-bond donors (Lipinski definition) is 5. The van der Waals surface area contributed by atoms with Crippen LogP contribution in [-0.2, 0) is 85.8 Å². The van der Waals surface area contributed by atoms with Crippen LogP contribution in [-0.4, -0.2) is 175 Å². The molecule has 0 saturated carbocycles. The maximum Gasteiger partial charge on any atom is 0.408 e. The summed E-state index contributed by atoms with van der Waals surface area (Å²) >= 11 is 0. The van der Waals surface area contributed by atoms with Crippen molar-refractivity contribution in [1.29, 1.82) is 26.3 Å². The molecule has 0 spiro atoms. The molecule has 0 fully saturated rings. The number of ether oxygens (including phenoxy) is 9. The van der Waals surface area contributed by atoms with Crippen LogP contribution in [0.5, 0.6) is 0 Å². The lowest BCUT2D eigenvalue weighted by Crippen LogP contribution is -2.36. The Morgan fingerprint density at radius 3 is 1.15 bits per heavy atom. The molecule has 32 nitrogen and oxygen atoms in total. The number of amides is 6. The number of nitriles is 5. The quantitative estimate of drug-likeness (QED) is 0.0130. The molecular weight excluding hydrogens is 1310 g/mol. The molecule has 0 aromatic carbocycles. The summed E-state index contributed by atoms with van der Waals surface area (Å²) in [6, 6.07) is 9.70. The van der Waals surface area contributed by atoms with Gasteiger partial charge in [-0.2, -0.15) is 26.3 Å². The number of hydrogen-bond acceptors (Lipinski definition) is 26. The van der Waals surface area contributed by atoms with Crippen molar-refractivity contribution in [2.75, 3.05) is 92.2 Å². The Labute approximate surface area is 590 Å². The van der Waals surface area contributed by atoms with Crippen LogP contribution < -0.4 is 26.6 Å². The van der Waals surface area contributed by atoms with Gasteiger partial charge in [-0.3, -0.25) is 28.8 Å². The summed E-state index contributed by atoms with van der Waals surface area (Å²) in [7, 11) is 0. The van der Waals surface area contributed by atoms with E-state index in [1.807, 2.05) is 92.7 Å². The molecule has 6 amide bonds. The van der Waals surface area contributed by atoms with Gasteiger partial charge in [-0.1, -0.05) is 103 Å². The molecule has 0 aliphatic rings. The number of nitrogens with zero attached hydrogens (tertiary/aromatic N) is 6. The van der Waals surface area contributed by atoms with E-state index < -0.39 is 42.3 Å². The molecule has 0 aromatic rings. The maximum atomic E-state index is 11.8. The summed E-state index contributed by atoms with van der Waals surface area (Å²) in [6.07, 6.45) is 5.04. The third kappa shape index (κ3) is 63.7. The fraction of sp³-hybridized carbons (Fsp3) is 0.662. The van der Waals surface area contributed by atoms with E-state index in [1.165, 1.54) is 6.92 Å². The van der Waals surface area contributed by atoms with Crippen molar-refractivity contribution in [2.45, 2.75) is 167 Å². The zero-order valence-corrected chi connectivity index (χ0v) is 60.8. The van der Waals surface area contributed by atoms with E-state index in [9.17, 15) is 57.5 Å². The van der Waals surface area contributed by atoms with Crippen molar-refractivity contribution >= 4 is 71.8 Å². The molecule has 0 saturated heterocycles. The fourth-order valence-corrected chi connectivity index (χ4v) is 5.60. The lowest BCUT2D eigenvalue weighted by atomic mass is 10.1. The van der Waals surface area contributed by atoms with Gasteiger partial charge in [-0.15, -0.1) is 0 Å². The highest BCUT2D eigenvalue weighted by Crippen LogP contribution is 2.11. The van der Waals surface area contributed by atoms with Crippen LogP contribution in [0.25, 0.3) is 0 Å². The van der Waals surface area contributed by atoms with Crippen molar-refractivity contribution in [3.8, 4) is 30.3 Å². The van der Waals surface area contributed by atoms with Gasteiger partial charge in [0.2, 0.25) is 17.7 Å². The van der Waals surface area contributed by atoms with Crippen molar-refractivity contribution in [2.24, 2.45) is 35.5 Å². The van der Waals surface area contributed by atoms with Crippen molar-refractivity contribution < 1.29 is 100 Å². The lowest BCUT2D eigenvalue weighted by molar-refractivity contribution is -0.153. The standard InChI is InChI=1S/2C13H22N2O5.C13H21NO6.C11H17N3O.C10H14N2O2.C8H13NO2/c1-5-10(4)11(16)15-8-20-13(18)14-6-7-19-12(17)9(2)3;1-4-10(3)12(17)14-6-9-20-13(18)15-7-8-19-11(16)5-2;1-4-10(3)12(16)19-8-9-20-13(17)14-6-7-18-11(15)5-2;1-3-10(2)11(15)14(8-4-6-12)9-5-7-13;1-3-8(2)10(13)14-9(4-6-11)5-7-12;1-3-7(2)8(10)11-6-4-5-9/h10H,2,5-8H2,1,3-4H3,(H,14,18)(H,15,16);5,10H,2,4,6-9H2,1,3H3,(H,14,17)(H,15,18);5,10H,2,4,6-9H2,1,3H3,(H,14,17);10H,3-5,8-9H2,1-2H3;8-9H,3-5H2,1-2H3;7H,3-4,6H2,1-2H3. The Morgan fingerprint density at radius 1 is 0.410 bits per heavy atom. The van der Waals surface area contributed by atoms with E-state index in [1.54, 1.807) is 25.7 Å². The SMILES string of the molecule is C=C(C)C(=O)OCCNC(=O)OCNC(=O)C(C)CC.C=CC(=O)OCCNC(=O)OCCNC(=O)C(C)CC.C=CC(=O)OCCNC(=O)OCCOC(=O)C(C)CC.CCC(C)C(=O)N(CCC#N)CCC#N.CCC(C)C(=O)OC(CC#N)CC#N.CCC(C)C(=O)OCCC#N. The van der Waals surface area contributed by atoms with Gasteiger partial charge in [-0.25, -0.2) is 28.8 Å². The van der Waals surface area contributed by atoms with Crippen molar-refractivity contribution in [1.82, 2.24) is 31.5 Å². The first-order chi connectivity index (χ1) is 47.4. The largest absolute Gasteiger partial charge is 0.464 e. The van der Waals surface area contributed by atoms with Gasteiger partial charge < -0.3 is 74.1 Å². The molecule has 0 aromatic heterocycles. The Balaban J connectivity index is -0.000000268. The summed E-state index contributed by atoms with van der Waals surface area (Å²) < 4.78 is 43.0. The van der Waals surface area contributed by atoms with Crippen LogP contribution in [0.2, 0.25) is 0 Å². The average Bonchev–Trinajstić information content (AvgIpc) is 1.05. The second kappa shape index (κ2) is 70.0. The van der Waals surface area contributed by atoms with Gasteiger partial charge in [0.15, 0.2) is 6.73 Å².